The fourth-order valence-corrected chi connectivity index (χ4v) is 1.65. The van der Waals surface area contributed by atoms with E-state index < -0.39 is 11.8 Å². The van der Waals surface area contributed by atoms with Crippen LogP contribution in [0.2, 0.25) is 5.02 Å². The van der Waals surface area contributed by atoms with Gasteiger partial charge in [-0.2, -0.15) is 0 Å². The fraction of sp³-hybridized carbons (Fsp3) is 0.500. The van der Waals surface area contributed by atoms with Crippen molar-refractivity contribution in [2.24, 2.45) is 11.1 Å². The summed E-state index contributed by atoms with van der Waals surface area (Å²) in [5, 5.41) is 0.621. The predicted molar refractivity (Wildman–Crippen MR) is 62.9 cm³/mol. The highest BCUT2D eigenvalue weighted by atomic mass is 35.5. The molecule has 90 valence electrons. The fourth-order valence-electron chi connectivity index (χ4n) is 1.42. The molecule has 0 saturated heterocycles. The van der Waals surface area contributed by atoms with Gasteiger partial charge >= 0.3 is 0 Å². The highest BCUT2D eigenvalue weighted by Crippen LogP contribution is 2.31. The lowest BCUT2D eigenvalue weighted by Crippen LogP contribution is -2.35. The van der Waals surface area contributed by atoms with E-state index in [0.717, 1.165) is 5.56 Å². The Bertz CT molecular complexity index is 344. The lowest BCUT2D eigenvalue weighted by Gasteiger charge is -2.27. The zero-order valence-corrected chi connectivity index (χ0v) is 9.98. The number of halogens is 3. The Hall–Kier alpha value is -0.670. The van der Waals surface area contributed by atoms with Crippen LogP contribution in [0.4, 0.5) is 8.78 Å². The third kappa shape index (κ3) is 3.16. The first-order chi connectivity index (χ1) is 7.49. The first-order valence-corrected chi connectivity index (χ1v) is 5.59. The maximum atomic E-state index is 12.8. The number of hydrogen-bond acceptors (Lipinski definition) is 1. The smallest absolute Gasteiger partial charge is 0.245 e. The molecule has 2 N–H and O–H groups in total. The topological polar surface area (TPSA) is 26.0 Å². The van der Waals surface area contributed by atoms with Gasteiger partial charge in [0.25, 0.3) is 0 Å². The van der Waals surface area contributed by atoms with Gasteiger partial charge in [0.2, 0.25) is 6.43 Å². The Balaban J connectivity index is 2.67. The van der Waals surface area contributed by atoms with Crippen molar-refractivity contribution in [3.8, 4) is 0 Å². The van der Waals surface area contributed by atoms with Crippen molar-refractivity contribution in [1.82, 2.24) is 0 Å². The van der Waals surface area contributed by atoms with Crippen LogP contribution in [-0.4, -0.2) is 13.0 Å². The maximum absolute atomic E-state index is 12.8. The minimum Gasteiger partial charge on any atom is -0.330 e. The molecule has 0 heterocycles. The number of benzene rings is 1. The van der Waals surface area contributed by atoms with Gasteiger partial charge in [0, 0.05) is 17.0 Å². The molecule has 1 aromatic carbocycles. The summed E-state index contributed by atoms with van der Waals surface area (Å²) in [6.45, 7) is 1.49. The first-order valence-electron chi connectivity index (χ1n) is 5.21. The standard InChI is InChI=1S/C12H16ClF2N/c1-12(8-16,11(14)15)7-6-9-4-2-3-5-10(9)13/h2-5,11H,6-8,16H2,1H3. The highest BCUT2D eigenvalue weighted by molar-refractivity contribution is 6.31. The van der Waals surface area contributed by atoms with Crippen molar-refractivity contribution in [1.29, 1.82) is 0 Å². The van der Waals surface area contributed by atoms with Gasteiger partial charge in [0.15, 0.2) is 0 Å². The van der Waals surface area contributed by atoms with Crippen molar-refractivity contribution in [2.75, 3.05) is 6.54 Å². The SMILES string of the molecule is CC(CN)(CCc1ccccc1Cl)C(F)F. The predicted octanol–water partition coefficient (Wildman–Crippen LogP) is 3.50. The number of alkyl halides is 2. The molecule has 0 aliphatic carbocycles. The summed E-state index contributed by atoms with van der Waals surface area (Å²) in [7, 11) is 0. The second-order valence-corrected chi connectivity index (χ2v) is 4.66. The van der Waals surface area contributed by atoms with Gasteiger partial charge in [0.05, 0.1) is 0 Å². The highest BCUT2D eigenvalue weighted by Gasteiger charge is 2.33. The lowest BCUT2D eigenvalue weighted by molar-refractivity contribution is 0.00755. The largest absolute Gasteiger partial charge is 0.330 e. The maximum Gasteiger partial charge on any atom is 0.245 e. The van der Waals surface area contributed by atoms with E-state index in [1.54, 1.807) is 6.07 Å². The van der Waals surface area contributed by atoms with Crippen molar-refractivity contribution in [3.63, 3.8) is 0 Å². The van der Waals surface area contributed by atoms with Crippen molar-refractivity contribution >= 4 is 11.6 Å². The molecule has 0 spiro atoms. The Morgan fingerprint density at radius 2 is 2.00 bits per heavy atom. The van der Waals surface area contributed by atoms with Crippen molar-refractivity contribution in [3.05, 3.63) is 34.9 Å². The third-order valence-corrected chi connectivity index (χ3v) is 3.29. The van der Waals surface area contributed by atoms with Crippen LogP contribution in [-0.2, 0) is 6.42 Å². The molecule has 0 aromatic heterocycles. The molecule has 1 atom stereocenters. The average Bonchev–Trinajstić information content (AvgIpc) is 2.27. The quantitative estimate of drug-likeness (QED) is 0.847. The lowest BCUT2D eigenvalue weighted by atomic mass is 9.84. The van der Waals surface area contributed by atoms with Gasteiger partial charge in [-0.15, -0.1) is 0 Å². The molecule has 16 heavy (non-hydrogen) atoms. The number of nitrogens with two attached hydrogens (primary N) is 1. The van der Waals surface area contributed by atoms with Gasteiger partial charge in [-0.05, 0) is 24.5 Å². The average molecular weight is 248 g/mol. The zero-order valence-electron chi connectivity index (χ0n) is 9.22. The summed E-state index contributed by atoms with van der Waals surface area (Å²) in [5.74, 6) is 0. The first kappa shape index (κ1) is 13.4. The molecule has 1 unspecified atom stereocenters. The van der Waals surface area contributed by atoms with E-state index >= 15 is 0 Å². The molecule has 0 aliphatic rings. The monoisotopic (exact) mass is 247 g/mol. The molecule has 0 amide bonds. The summed E-state index contributed by atoms with van der Waals surface area (Å²) in [5.41, 5.74) is 5.16. The number of aryl methyl sites for hydroxylation is 1. The van der Waals surface area contributed by atoms with E-state index in [1.807, 2.05) is 18.2 Å². The summed E-state index contributed by atoms with van der Waals surface area (Å²) in [4.78, 5) is 0. The Labute approximate surface area is 99.6 Å². The van der Waals surface area contributed by atoms with Crippen LogP contribution in [0.5, 0.6) is 0 Å². The molecule has 1 aromatic rings. The van der Waals surface area contributed by atoms with Gasteiger partial charge in [0.1, 0.15) is 0 Å². The van der Waals surface area contributed by atoms with Crippen LogP contribution in [0.15, 0.2) is 24.3 Å². The summed E-state index contributed by atoms with van der Waals surface area (Å²) >= 11 is 5.96. The molecule has 4 heteroatoms. The molecule has 1 rings (SSSR count). The van der Waals surface area contributed by atoms with Crippen LogP contribution in [0, 0.1) is 5.41 Å². The minimum atomic E-state index is -2.40. The van der Waals surface area contributed by atoms with Crippen LogP contribution in [0.25, 0.3) is 0 Å². The molecular formula is C12H16ClF2N. The molecule has 0 saturated carbocycles. The summed E-state index contributed by atoms with van der Waals surface area (Å²) in [6.07, 6.45) is -1.54. The van der Waals surface area contributed by atoms with Crippen LogP contribution < -0.4 is 5.73 Å². The second-order valence-electron chi connectivity index (χ2n) is 4.25. The Morgan fingerprint density at radius 3 is 2.50 bits per heavy atom. The van der Waals surface area contributed by atoms with E-state index in [9.17, 15) is 8.78 Å². The van der Waals surface area contributed by atoms with Crippen LogP contribution in [0.3, 0.4) is 0 Å². The Kier molecular flexibility index (Phi) is 4.69. The van der Waals surface area contributed by atoms with Gasteiger partial charge in [-0.25, -0.2) is 8.78 Å². The number of hydrogen-bond donors (Lipinski definition) is 1. The van der Waals surface area contributed by atoms with Gasteiger partial charge < -0.3 is 5.73 Å². The van der Waals surface area contributed by atoms with Gasteiger partial charge in [-0.1, -0.05) is 36.7 Å². The third-order valence-electron chi connectivity index (χ3n) is 2.92. The Morgan fingerprint density at radius 1 is 1.38 bits per heavy atom. The van der Waals surface area contributed by atoms with E-state index in [1.165, 1.54) is 6.92 Å². The van der Waals surface area contributed by atoms with Crippen molar-refractivity contribution in [2.45, 2.75) is 26.2 Å². The second kappa shape index (κ2) is 5.60. The summed E-state index contributed by atoms with van der Waals surface area (Å²) in [6, 6.07) is 7.29. The molecule has 0 fully saturated rings. The minimum absolute atomic E-state index is 0.0187. The molecule has 0 radical (unpaired) electrons. The summed E-state index contributed by atoms with van der Waals surface area (Å²) < 4.78 is 25.5. The molecular weight excluding hydrogens is 232 g/mol. The molecule has 0 bridgehead atoms. The van der Waals surface area contributed by atoms with E-state index in [4.69, 9.17) is 17.3 Å². The van der Waals surface area contributed by atoms with Crippen LogP contribution >= 0.6 is 11.6 Å². The van der Waals surface area contributed by atoms with E-state index in [-0.39, 0.29) is 6.54 Å². The molecule has 1 nitrogen and oxygen atoms in total. The van der Waals surface area contributed by atoms with E-state index in [2.05, 4.69) is 0 Å². The van der Waals surface area contributed by atoms with E-state index in [0.29, 0.717) is 17.9 Å². The normalized spacial score (nSPS) is 15.1. The van der Waals surface area contributed by atoms with Crippen LogP contribution in [0.1, 0.15) is 18.9 Å². The van der Waals surface area contributed by atoms with Gasteiger partial charge in [-0.3, -0.25) is 0 Å². The van der Waals surface area contributed by atoms with Crippen molar-refractivity contribution < 1.29 is 8.78 Å². The zero-order chi connectivity index (χ0) is 12.2. The molecule has 0 aliphatic heterocycles. The number of rotatable bonds is 5.